The van der Waals surface area contributed by atoms with Gasteiger partial charge in [-0.25, -0.2) is 4.98 Å². The second-order valence-electron chi connectivity index (χ2n) is 5.87. The number of halogens is 2. The third kappa shape index (κ3) is 4.24. The Balaban J connectivity index is 1.74. The molecule has 1 N–H and O–H groups in total. The molecule has 7 heteroatoms. The molecule has 132 valence electrons. The maximum absolute atomic E-state index is 12.6. The molecule has 1 aromatic carbocycles. The number of para-hydroxylation sites is 1. The fourth-order valence-corrected chi connectivity index (χ4v) is 3.32. The van der Waals surface area contributed by atoms with Crippen molar-refractivity contribution in [1.29, 1.82) is 0 Å². The average molecular weight is 379 g/mol. The van der Waals surface area contributed by atoms with Gasteiger partial charge in [0.15, 0.2) is 0 Å². The normalized spacial score (nSPS) is 15.2. The number of nitrogens with zero attached hydrogens (tertiary/aromatic N) is 3. The summed E-state index contributed by atoms with van der Waals surface area (Å²) in [4.78, 5) is 21.6. The van der Waals surface area contributed by atoms with Crippen LogP contribution in [0.1, 0.15) is 17.3 Å². The summed E-state index contributed by atoms with van der Waals surface area (Å²) in [7, 11) is 0. The van der Waals surface area contributed by atoms with E-state index < -0.39 is 0 Å². The smallest absolute Gasteiger partial charge is 0.255 e. The van der Waals surface area contributed by atoms with Crippen molar-refractivity contribution >= 4 is 40.6 Å². The molecule has 1 saturated heterocycles. The maximum atomic E-state index is 12.6. The fraction of sp³-hybridized carbons (Fsp3) is 0.333. The summed E-state index contributed by atoms with van der Waals surface area (Å²) in [6, 6.07) is 8.61. The Bertz CT molecular complexity index is 740. The summed E-state index contributed by atoms with van der Waals surface area (Å²) in [6.45, 7) is 7.04. The van der Waals surface area contributed by atoms with E-state index >= 15 is 0 Å². The van der Waals surface area contributed by atoms with Gasteiger partial charge < -0.3 is 15.1 Å². The number of hydrogen-bond acceptors (Lipinski definition) is 4. The van der Waals surface area contributed by atoms with Gasteiger partial charge in [0.1, 0.15) is 5.82 Å². The van der Waals surface area contributed by atoms with Gasteiger partial charge in [0.2, 0.25) is 0 Å². The summed E-state index contributed by atoms with van der Waals surface area (Å²) in [6.07, 6.45) is 1.66. The van der Waals surface area contributed by atoms with Crippen molar-refractivity contribution in [2.45, 2.75) is 6.92 Å². The molecule has 1 aliphatic rings. The van der Waals surface area contributed by atoms with Crippen LogP contribution in [0.2, 0.25) is 10.0 Å². The molecule has 0 spiro atoms. The number of hydrogen-bond donors (Lipinski definition) is 1. The van der Waals surface area contributed by atoms with Crippen molar-refractivity contribution in [2.24, 2.45) is 0 Å². The Morgan fingerprint density at radius 3 is 2.48 bits per heavy atom. The van der Waals surface area contributed by atoms with Gasteiger partial charge >= 0.3 is 0 Å². The molecule has 0 bridgehead atoms. The molecule has 0 atom stereocenters. The lowest BCUT2D eigenvalue weighted by molar-refractivity contribution is 0.102. The van der Waals surface area contributed by atoms with Crippen LogP contribution in [0.4, 0.5) is 11.5 Å². The molecule has 1 aliphatic heterocycles. The SMILES string of the molecule is CCN1CCN(c2cc(C(=O)Nc3c(Cl)cccc3Cl)ccn2)CC1. The summed E-state index contributed by atoms with van der Waals surface area (Å²) in [5.41, 5.74) is 0.949. The van der Waals surface area contributed by atoms with Crippen molar-refractivity contribution in [3.05, 3.63) is 52.1 Å². The number of piperazine rings is 1. The van der Waals surface area contributed by atoms with Gasteiger partial charge in [0, 0.05) is 37.9 Å². The topological polar surface area (TPSA) is 48.5 Å². The number of anilines is 2. The van der Waals surface area contributed by atoms with Crippen LogP contribution in [0.25, 0.3) is 0 Å². The lowest BCUT2D eigenvalue weighted by Gasteiger charge is -2.34. The minimum Gasteiger partial charge on any atom is -0.354 e. The number of carbonyl (C=O) groups is 1. The predicted octanol–water partition coefficient (Wildman–Crippen LogP) is 3.78. The maximum Gasteiger partial charge on any atom is 0.255 e. The zero-order valence-corrected chi connectivity index (χ0v) is 15.5. The molecule has 1 fully saturated rings. The Labute approximate surface area is 157 Å². The number of rotatable bonds is 4. The minimum absolute atomic E-state index is 0.258. The molecule has 25 heavy (non-hydrogen) atoms. The summed E-state index contributed by atoms with van der Waals surface area (Å²) >= 11 is 12.2. The number of amides is 1. The Morgan fingerprint density at radius 1 is 1.16 bits per heavy atom. The highest BCUT2D eigenvalue weighted by atomic mass is 35.5. The molecule has 3 rings (SSSR count). The molecule has 2 aromatic rings. The van der Waals surface area contributed by atoms with Gasteiger partial charge in [-0.15, -0.1) is 0 Å². The Hall–Kier alpha value is -1.82. The highest BCUT2D eigenvalue weighted by molar-refractivity contribution is 6.40. The third-order valence-electron chi connectivity index (χ3n) is 4.35. The molecule has 1 aromatic heterocycles. The first-order valence-electron chi connectivity index (χ1n) is 8.27. The molecule has 1 amide bonds. The lowest BCUT2D eigenvalue weighted by atomic mass is 10.2. The van der Waals surface area contributed by atoms with Crippen LogP contribution < -0.4 is 10.2 Å². The molecule has 0 unspecified atom stereocenters. The van der Waals surface area contributed by atoms with Gasteiger partial charge in [-0.1, -0.05) is 36.2 Å². The number of pyridine rings is 1. The van der Waals surface area contributed by atoms with E-state index in [2.05, 4.69) is 27.0 Å². The largest absolute Gasteiger partial charge is 0.354 e. The molecule has 0 saturated carbocycles. The van der Waals surface area contributed by atoms with E-state index in [9.17, 15) is 4.79 Å². The second-order valence-corrected chi connectivity index (χ2v) is 6.69. The van der Waals surface area contributed by atoms with Crippen LogP contribution >= 0.6 is 23.2 Å². The Morgan fingerprint density at radius 2 is 1.84 bits per heavy atom. The number of carbonyl (C=O) groups excluding carboxylic acids is 1. The van der Waals surface area contributed by atoms with Gasteiger partial charge in [0.05, 0.1) is 15.7 Å². The van der Waals surface area contributed by atoms with E-state index in [0.29, 0.717) is 21.3 Å². The second kappa shape index (κ2) is 8.04. The Kier molecular flexibility index (Phi) is 5.78. The van der Waals surface area contributed by atoms with Crippen LogP contribution in [-0.2, 0) is 0 Å². The van der Waals surface area contributed by atoms with E-state index in [-0.39, 0.29) is 5.91 Å². The van der Waals surface area contributed by atoms with Crippen LogP contribution in [-0.4, -0.2) is 48.5 Å². The number of aromatic nitrogens is 1. The molecule has 2 heterocycles. The lowest BCUT2D eigenvalue weighted by Crippen LogP contribution is -2.46. The molecular weight excluding hydrogens is 359 g/mol. The van der Waals surface area contributed by atoms with Crippen LogP contribution in [0, 0.1) is 0 Å². The van der Waals surface area contributed by atoms with E-state index in [1.807, 2.05) is 6.07 Å². The highest BCUT2D eigenvalue weighted by Gasteiger charge is 2.18. The standard InChI is InChI=1S/C18H20Cl2N4O/c1-2-23-8-10-24(11-9-23)16-12-13(6-7-21-16)18(25)22-17-14(19)4-3-5-15(17)20/h3-7,12H,2,8-11H2,1H3,(H,22,25). The van der Waals surface area contributed by atoms with E-state index in [0.717, 1.165) is 38.5 Å². The zero-order valence-electron chi connectivity index (χ0n) is 14.0. The van der Waals surface area contributed by atoms with E-state index in [1.54, 1.807) is 30.5 Å². The van der Waals surface area contributed by atoms with Crippen molar-refractivity contribution in [3.8, 4) is 0 Å². The van der Waals surface area contributed by atoms with Crippen molar-refractivity contribution in [3.63, 3.8) is 0 Å². The highest BCUT2D eigenvalue weighted by Crippen LogP contribution is 2.30. The first kappa shape index (κ1) is 18.0. The summed E-state index contributed by atoms with van der Waals surface area (Å²) < 4.78 is 0. The van der Waals surface area contributed by atoms with E-state index in [4.69, 9.17) is 23.2 Å². The van der Waals surface area contributed by atoms with Gasteiger partial charge in [-0.05, 0) is 30.8 Å². The monoisotopic (exact) mass is 378 g/mol. The van der Waals surface area contributed by atoms with Crippen LogP contribution in [0.15, 0.2) is 36.5 Å². The van der Waals surface area contributed by atoms with Crippen molar-refractivity contribution in [1.82, 2.24) is 9.88 Å². The average Bonchev–Trinajstić information content (AvgIpc) is 2.65. The molecule has 0 aliphatic carbocycles. The van der Waals surface area contributed by atoms with Crippen LogP contribution in [0.5, 0.6) is 0 Å². The third-order valence-corrected chi connectivity index (χ3v) is 4.98. The number of benzene rings is 1. The van der Waals surface area contributed by atoms with Crippen molar-refractivity contribution in [2.75, 3.05) is 42.9 Å². The fourth-order valence-electron chi connectivity index (χ4n) is 2.83. The van der Waals surface area contributed by atoms with Gasteiger partial charge in [-0.2, -0.15) is 0 Å². The summed E-state index contributed by atoms with van der Waals surface area (Å²) in [5, 5.41) is 3.60. The molecule has 0 radical (unpaired) electrons. The van der Waals surface area contributed by atoms with E-state index in [1.165, 1.54) is 0 Å². The zero-order chi connectivity index (χ0) is 17.8. The number of likely N-dealkylation sites (N-methyl/N-ethyl adjacent to an activating group) is 1. The predicted molar refractivity (Wildman–Crippen MR) is 103 cm³/mol. The molecule has 5 nitrogen and oxygen atoms in total. The van der Waals surface area contributed by atoms with Gasteiger partial charge in [0.25, 0.3) is 5.91 Å². The van der Waals surface area contributed by atoms with Gasteiger partial charge in [-0.3, -0.25) is 4.79 Å². The van der Waals surface area contributed by atoms with Crippen LogP contribution in [0.3, 0.4) is 0 Å². The first-order chi connectivity index (χ1) is 12.1. The first-order valence-corrected chi connectivity index (χ1v) is 9.03. The summed E-state index contributed by atoms with van der Waals surface area (Å²) in [5.74, 6) is 0.555. The molecular formula is C18H20Cl2N4O. The van der Waals surface area contributed by atoms with Crippen molar-refractivity contribution < 1.29 is 4.79 Å². The quantitative estimate of drug-likeness (QED) is 0.879. The number of nitrogens with one attached hydrogen (secondary N) is 1. The minimum atomic E-state index is -0.258.